The molecule has 0 bridgehead atoms. The van der Waals surface area contributed by atoms with Gasteiger partial charge in [-0.05, 0) is 24.1 Å². The molecule has 16 heavy (non-hydrogen) atoms. The maximum Gasteiger partial charge on any atom is 0.317 e. The van der Waals surface area contributed by atoms with Crippen molar-refractivity contribution in [2.24, 2.45) is 0 Å². The monoisotopic (exact) mass is 220 g/mol. The standard InChI is InChI=1S/C12H16N2O2/c1-2-8-14(10-12(15)16)9-5-11-3-6-13-7-4-11/h2-4,6-7H,1,5,8-10H2,(H,15,16). The summed E-state index contributed by atoms with van der Waals surface area (Å²) in [6.45, 7) is 4.98. The van der Waals surface area contributed by atoms with Crippen molar-refractivity contribution in [2.75, 3.05) is 19.6 Å². The summed E-state index contributed by atoms with van der Waals surface area (Å²) in [5, 5.41) is 8.72. The molecular formula is C12H16N2O2. The van der Waals surface area contributed by atoms with E-state index in [0.717, 1.165) is 12.0 Å². The number of aliphatic carboxylic acids is 1. The fraction of sp³-hybridized carbons (Fsp3) is 0.333. The molecule has 1 aromatic rings. The fourth-order valence-electron chi connectivity index (χ4n) is 1.45. The van der Waals surface area contributed by atoms with Gasteiger partial charge in [-0.1, -0.05) is 6.08 Å². The molecule has 0 spiro atoms. The van der Waals surface area contributed by atoms with E-state index >= 15 is 0 Å². The average molecular weight is 220 g/mol. The van der Waals surface area contributed by atoms with Crippen molar-refractivity contribution >= 4 is 5.97 Å². The summed E-state index contributed by atoms with van der Waals surface area (Å²) in [6.07, 6.45) is 6.02. The molecule has 0 atom stereocenters. The molecule has 0 fully saturated rings. The fourth-order valence-corrected chi connectivity index (χ4v) is 1.45. The van der Waals surface area contributed by atoms with Crippen molar-refractivity contribution in [3.8, 4) is 0 Å². The Kier molecular flexibility index (Phi) is 5.22. The molecule has 0 saturated heterocycles. The van der Waals surface area contributed by atoms with Crippen LogP contribution >= 0.6 is 0 Å². The van der Waals surface area contributed by atoms with Gasteiger partial charge in [0.2, 0.25) is 0 Å². The topological polar surface area (TPSA) is 53.4 Å². The third-order valence-corrected chi connectivity index (χ3v) is 2.21. The highest BCUT2D eigenvalue weighted by Crippen LogP contribution is 2.00. The van der Waals surface area contributed by atoms with Gasteiger partial charge in [0.1, 0.15) is 0 Å². The van der Waals surface area contributed by atoms with Crippen molar-refractivity contribution in [2.45, 2.75) is 6.42 Å². The lowest BCUT2D eigenvalue weighted by atomic mass is 10.2. The lowest BCUT2D eigenvalue weighted by Crippen LogP contribution is -2.31. The van der Waals surface area contributed by atoms with Gasteiger partial charge in [0, 0.05) is 25.5 Å². The van der Waals surface area contributed by atoms with Crippen LogP contribution in [0.4, 0.5) is 0 Å². The third kappa shape index (κ3) is 4.70. The van der Waals surface area contributed by atoms with Crippen molar-refractivity contribution in [1.82, 2.24) is 9.88 Å². The van der Waals surface area contributed by atoms with Crippen LogP contribution in [0.25, 0.3) is 0 Å². The SMILES string of the molecule is C=CCN(CCc1ccncc1)CC(=O)O. The molecule has 1 heterocycles. The number of hydrogen-bond donors (Lipinski definition) is 1. The van der Waals surface area contributed by atoms with E-state index in [0.29, 0.717) is 13.1 Å². The highest BCUT2D eigenvalue weighted by Gasteiger charge is 2.07. The van der Waals surface area contributed by atoms with E-state index in [2.05, 4.69) is 11.6 Å². The Bertz CT molecular complexity index is 338. The van der Waals surface area contributed by atoms with E-state index in [-0.39, 0.29) is 6.54 Å². The van der Waals surface area contributed by atoms with Crippen LogP contribution in [-0.4, -0.2) is 40.6 Å². The maximum absolute atomic E-state index is 10.6. The number of pyridine rings is 1. The van der Waals surface area contributed by atoms with Crippen LogP contribution in [0.5, 0.6) is 0 Å². The van der Waals surface area contributed by atoms with Gasteiger partial charge in [-0.25, -0.2) is 0 Å². The average Bonchev–Trinajstić information content (AvgIpc) is 2.27. The predicted octanol–water partition coefficient (Wildman–Crippen LogP) is 1.20. The van der Waals surface area contributed by atoms with E-state index < -0.39 is 5.97 Å². The van der Waals surface area contributed by atoms with Crippen LogP contribution in [-0.2, 0) is 11.2 Å². The Morgan fingerprint density at radius 3 is 2.75 bits per heavy atom. The number of hydrogen-bond acceptors (Lipinski definition) is 3. The Morgan fingerprint density at radius 1 is 1.50 bits per heavy atom. The van der Waals surface area contributed by atoms with Crippen LogP contribution in [0, 0.1) is 0 Å². The van der Waals surface area contributed by atoms with Crippen molar-refractivity contribution in [1.29, 1.82) is 0 Å². The lowest BCUT2D eigenvalue weighted by Gasteiger charge is -2.17. The van der Waals surface area contributed by atoms with E-state index in [4.69, 9.17) is 5.11 Å². The van der Waals surface area contributed by atoms with Crippen LogP contribution in [0.3, 0.4) is 0 Å². The van der Waals surface area contributed by atoms with Gasteiger partial charge >= 0.3 is 5.97 Å². The normalized spacial score (nSPS) is 10.3. The predicted molar refractivity (Wildman–Crippen MR) is 62.2 cm³/mol. The molecule has 0 radical (unpaired) electrons. The van der Waals surface area contributed by atoms with E-state index in [1.54, 1.807) is 18.5 Å². The first kappa shape index (κ1) is 12.4. The summed E-state index contributed by atoms with van der Waals surface area (Å²) in [7, 11) is 0. The Labute approximate surface area is 95.2 Å². The zero-order valence-corrected chi connectivity index (χ0v) is 9.17. The van der Waals surface area contributed by atoms with Gasteiger partial charge in [-0.15, -0.1) is 6.58 Å². The van der Waals surface area contributed by atoms with Crippen LogP contribution in [0.1, 0.15) is 5.56 Å². The second kappa shape index (κ2) is 6.74. The number of carbonyl (C=O) groups is 1. The number of aromatic nitrogens is 1. The Hall–Kier alpha value is -1.68. The molecule has 0 aromatic carbocycles. The molecule has 1 N–H and O–H groups in total. The quantitative estimate of drug-likeness (QED) is 0.701. The number of rotatable bonds is 7. The molecule has 0 aliphatic heterocycles. The molecule has 4 nitrogen and oxygen atoms in total. The zero-order chi connectivity index (χ0) is 11.8. The van der Waals surface area contributed by atoms with E-state index in [9.17, 15) is 4.79 Å². The summed E-state index contributed by atoms with van der Waals surface area (Å²) in [4.78, 5) is 16.4. The second-order valence-electron chi connectivity index (χ2n) is 3.52. The minimum Gasteiger partial charge on any atom is -0.480 e. The molecule has 0 saturated carbocycles. The molecule has 1 aromatic heterocycles. The summed E-state index contributed by atoms with van der Waals surface area (Å²) in [6, 6.07) is 3.87. The van der Waals surface area contributed by atoms with Crippen molar-refractivity contribution in [3.05, 3.63) is 42.7 Å². The molecule has 1 rings (SSSR count). The van der Waals surface area contributed by atoms with E-state index in [1.165, 1.54) is 0 Å². The lowest BCUT2D eigenvalue weighted by molar-refractivity contribution is -0.138. The Balaban J connectivity index is 2.43. The smallest absolute Gasteiger partial charge is 0.317 e. The molecule has 0 unspecified atom stereocenters. The first-order valence-electron chi connectivity index (χ1n) is 5.16. The molecule has 0 aliphatic rings. The molecular weight excluding hydrogens is 204 g/mol. The highest BCUT2D eigenvalue weighted by molar-refractivity contribution is 5.69. The van der Waals surface area contributed by atoms with Crippen LogP contribution in [0.2, 0.25) is 0 Å². The van der Waals surface area contributed by atoms with Gasteiger partial charge < -0.3 is 5.11 Å². The first-order chi connectivity index (χ1) is 7.72. The summed E-state index contributed by atoms with van der Waals surface area (Å²) in [5.41, 5.74) is 1.16. The molecule has 0 aliphatic carbocycles. The summed E-state index contributed by atoms with van der Waals surface area (Å²) >= 11 is 0. The number of nitrogens with zero attached hydrogens (tertiary/aromatic N) is 2. The number of carboxylic acid groups (broad SMARTS) is 1. The van der Waals surface area contributed by atoms with Crippen molar-refractivity contribution in [3.63, 3.8) is 0 Å². The highest BCUT2D eigenvalue weighted by atomic mass is 16.4. The first-order valence-corrected chi connectivity index (χ1v) is 5.16. The summed E-state index contributed by atoms with van der Waals surface area (Å²) < 4.78 is 0. The van der Waals surface area contributed by atoms with E-state index in [1.807, 2.05) is 17.0 Å². The van der Waals surface area contributed by atoms with Crippen molar-refractivity contribution < 1.29 is 9.90 Å². The van der Waals surface area contributed by atoms with Gasteiger partial charge in [-0.3, -0.25) is 14.7 Å². The van der Waals surface area contributed by atoms with Crippen LogP contribution < -0.4 is 0 Å². The molecule has 4 heteroatoms. The Morgan fingerprint density at radius 2 is 2.19 bits per heavy atom. The second-order valence-corrected chi connectivity index (χ2v) is 3.52. The molecule has 86 valence electrons. The van der Waals surface area contributed by atoms with Gasteiger partial charge in [0.15, 0.2) is 0 Å². The molecule has 0 amide bonds. The third-order valence-electron chi connectivity index (χ3n) is 2.21. The van der Waals surface area contributed by atoms with Gasteiger partial charge in [-0.2, -0.15) is 0 Å². The zero-order valence-electron chi connectivity index (χ0n) is 9.17. The van der Waals surface area contributed by atoms with Gasteiger partial charge in [0.05, 0.1) is 6.54 Å². The van der Waals surface area contributed by atoms with Gasteiger partial charge in [0.25, 0.3) is 0 Å². The maximum atomic E-state index is 10.6. The number of carboxylic acids is 1. The minimum atomic E-state index is -0.809. The summed E-state index contributed by atoms with van der Waals surface area (Å²) in [5.74, 6) is -0.809. The minimum absolute atomic E-state index is 0.0527. The van der Waals surface area contributed by atoms with Crippen LogP contribution in [0.15, 0.2) is 37.2 Å². The largest absolute Gasteiger partial charge is 0.480 e.